The van der Waals surface area contributed by atoms with E-state index < -0.39 is 5.97 Å². The number of carbonyl (C=O) groups is 1. The van der Waals surface area contributed by atoms with Crippen molar-refractivity contribution in [2.45, 2.75) is 6.42 Å². The lowest BCUT2D eigenvalue weighted by Gasteiger charge is -2.04. The number of ether oxygens (including phenoxy) is 1. The van der Waals surface area contributed by atoms with E-state index in [1.807, 2.05) is 0 Å². The molecule has 0 fully saturated rings. The molecule has 1 heterocycles. The number of carbonyl (C=O) groups excluding carboxylic acids is 1. The smallest absolute Gasteiger partial charge is 0.344 e. The summed E-state index contributed by atoms with van der Waals surface area (Å²) in [7, 11) is 0. The van der Waals surface area contributed by atoms with Crippen molar-refractivity contribution in [2.75, 3.05) is 6.61 Å². The Labute approximate surface area is 96.6 Å². The highest BCUT2D eigenvalue weighted by Gasteiger charge is 2.17. The van der Waals surface area contributed by atoms with Crippen LogP contribution in [0, 0.1) is 12.3 Å². The lowest BCUT2D eigenvalue weighted by molar-refractivity contribution is 0.0513. The zero-order valence-electron chi connectivity index (χ0n) is 7.54. The highest BCUT2D eigenvalue weighted by molar-refractivity contribution is 6.37. The summed E-state index contributed by atoms with van der Waals surface area (Å²) in [5.74, 6) is 1.65. The van der Waals surface area contributed by atoms with E-state index in [9.17, 15) is 4.79 Å². The van der Waals surface area contributed by atoms with Crippen LogP contribution in [-0.2, 0) is 4.74 Å². The van der Waals surface area contributed by atoms with Crippen LogP contribution >= 0.6 is 23.2 Å². The zero-order valence-corrected chi connectivity index (χ0v) is 9.05. The number of rotatable bonds is 3. The van der Waals surface area contributed by atoms with Gasteiger partial charge >= 0.3 is 5.97 Å². The fourth-order valence-corrected chi connectivity index (χ4v) is 1.26. The molecule has 0 aromatic carbocycles. The quantitative estimate of drug-likeness (QED) is 0.353. The highest BCUT2D eigenvalue weighted by atomic mass is 35.5. The Balaban J connectivity index is 2.78. The minimum atomic E-state index is -0.680. The molecule has 0 unspecified atom stereocenters. The largest absolute Gasteiger partial charge is 0.461 e. The molecular weight excluding hydrogens is 239 g/mol. The van der Waals surface area contributed by atoms with Crippen LogP contribution in [0.4, 0.5) is 0 Å². The first-order chi connectivity index (χ1) is 7.16. The molecule has 0 radical (unpaired) electrons. The fourth-order valence-electron chi connectivity index (χ4n) is 0.788. The second-order valence-electron chi connectivity index (χ2n) is 2.42. The van der Waals surface area contributed by atoms with Crippen molar-refractivity contribution < 1.29 is 9.53 Å². The average Bonchev–Trinajstić information content (AvgIpc) is 2.18. The van der Waals surface area contributed by atoms with E-state index in [1.54, 1.807) is 0 Å². The summed E-state index contributed by atoms with van der Waals surface area (Å²) in [6.45, 7) is 0.108. The molecule has 15 heavy (non-hydrogen) atoms. The van der Waals surface area contributed by atoms with Gasteiger partial charge in [0.2, 0.25) is 0 Å². The lowest BCUT2D eigenvalue weighted by Crippen LogP contribution is -2.09. The van der Waals surface area contributed by atoms with E-state index in [0.717, 1.165) is 6.33 Å². The van der Waals surface area contributed by atoms with Crippen molar-refractivity contribution in [3.8, 4) is 12.3 Å². The first-order valence-electron chi connectivity index (χ1n) is 3.93. The van der Waals surface area contributed by atoms with E-state index in [-0.39, 0.29) is 22.5 Å². The van der Waals surface area contributed by atoms with Gasteiger partial charge in [-0.1, -0.05) is 23.2 Å². The Kier molecular flexibility index (Phi) is 4.35. The summed E-state index contributed by atoms with van der Waals surface area (Å²) < 4.78 is 4.80. The predicted molar refractivity (Wildman–Crippen MR) is 55.8 cm³/mol. The van der Waals surface area contributed by atoms with Crippen LogP contribution in [0.25, 0.3) is 0 Å². The molecule has 0 atom stereocenters. The van der Waals surface area contributed by atoms with Crippen molar-refractivity contribution in [3.63, 3.8) is 0 Å². The van der Waals surface area contributed by atoms with Gasteiger partial charge in [0.1, 0.15) is 28.8 Å². The van der Waals surface area contributed by atoms with Crippen molar-refractivity contribution in [1.29, 1.82) is 0 Å². The first-order valence-corrected chi connectivity index (χ1v) is 4.69. The maximum atomic E-state index is 11.4. The molecule has 4 nitrogen and oxygen atoms in total. The molecule has 0 bridgehead atoms. The maximum absolute atomic E-state index is 11.4. The van der Waals surface area contributed by atoms with Gasteiger partial charge in [-0.05, 0) is 0 Å². The van der Waals surface area contributed by atoms with Gasteiger partial charge < -0.3 is 4.74 Å². The van der Waals surface area contributed by atoms with E-state index in [1.165, 1.54) is 0 Å². The molecule has 0 aliphatic rings. The van der Waals surface area contributed by atoms with Crippen molar-refractivity contribution >= 4 is 29.2 Å². The predicted octanol–water partition coefficient (Wildman–Crippen LogP) is 1.96. The normalized spacial score (nSPS) is 9.40. The molecule has 0 aliphatic heterocycles. The molecule has 6 heteroatoms. The van der Waals surface area contributed by atoms with Crippen LogP contribution in [0.2, 0.25) is 10.3 Å². The minimum Gasteiger partial charge on any atom is -0.461 e. The average molecular weight is 245 g/mol. The number of esters is 1. The third-order valence-electron chi connectivity index (χ3n) is 1.44. The van der Waals surface area contributed by atoms with E-state index >= 15 is 0 Å². The van der Waals surface area contributed by atoms with Gasteiger partial charge in [-0.25, -0.2) is 14.8 Å². The van der Waals surface area contributed by atoms with Crippen LogP contribution in [0.15, 0.2) is 6.33 Å². The minimum absolute atomic E-state index is 0.0410. The molecule has 0 spiro atoms. The topological polar surface area (TPSA) is 52.1 Å². The molecule has 0 saturated carbocycles. The van der Waals surface area contributed by atoms with Crippen molar-refractivity contribution in [2.24, 2.45) is 0 Å². The number of hydrogen-bond acceptors (Lipinski definition) is 4. The highest BCUT2D eigenvalue weighted by Crippen LogP contribution is 2.20. The lowest BCUT2D eigenvalue weighted by atomic mass is 10.3. The molecular formula is C9H6Cl2N2O2. The molecule has 0 N–H and O–H groups in total. The molecule has 1 rings (SSSR count). The van der Waals surface area contributed by atoms with Gasteiger partial charge in [0.25, 0.3) is 0 Å². The van der Waals surface area contributed by atoms with Crippen LogP contribution in [0.3, 0.4) is 0 Å². The summed E-state index contributed by atoms with van der Waals surface area (Å²) >= 11 is 11.3. The zero-order chi connectivity index (χ0) is 11.3. The molecule has 0 saturated heterocycles. The van der Waals surface area contributed by atoms with Gasteiger partial charge in [-0.2, -0.15) is 0 Å². The second-order valence-corrected chi connectivity index (χ2v) is 3.14. The Morgan fingerprint density at radius 3 is 2.60 bits per heavy atom. The molecule has 78 valence electrons. The summed E-state index contributed by atoms with van der Waals surface area (Å²) in [6.07, 6.45) is 6.48. The monoisotopic (exact) mass is 244 g/mol. The van der Waals surface area contributed by atoms with Crippen molar-refractivity contribution in [1.82, 2.24) is 9.97 Å². The summed E-state index contributed by atoms with van der Waals surface area (Å²) in [5, 5.41) is -0.0820. The molecule has 1 aromatic heterocycles. The number of nitrogens with zero attached hydrogens (tertiary/aromatic N) is 2. The van der Waals surface area contributed by atoms with E-state index in [2.05, 4.69) is 15.9 Å². The Hall–Kier alpha value is -1.31. The molecule has 1 aromatic rings. The Morgan fingerprint density at radius 1 is 1.47 bits per heavy atom. The Morgan fingerprint density at radius 2 is 2.07 bits per heavy atom. The van der Waals surface area contributed by atoms with Gasteiger partial charge in [0.05, 0.1) is 0 Å². The number of aromatic nitrogens is 2. The first kappa shape index (κ1) is 11.8. The van der Waals surface area contributed by atoms with Crippen LogP contribution in [0.1, 0.15) is 16.8 Å². The third-order valence-corrected chi connectivity index (χ3v) is 2.01. The van der Waals surface area contributed by atoms with Gasteiger partial charge in [0, 0.05) is 6.42 Å². The SMILES string of the molecule is C#CCCOC(=O)c1c(Cl)ncnc1Cl. The fraction of sp³-hybridized carbons (Fsp3) is 0.222. The van der Waals surface area contributed by atoms with Gasteiger partial charge in [0.15, 0.2) is 0 Å². The van der Waals surface area contributed by atoms with Gasteiger partial charge in [-0.3, -0.25) is 0 Å². The van der Waals surface area contributed by atoms with E-state index in [4.69, 9.17) is 34.4 Å². The molecule has 0 amide bonds. The Bertz CT molecular complexity index is 395. The third kappa shape index (κ3) is 3.08. The van der Waals surface area contributed by atoms with Crippen LogP contribution < -0.4 is 0 Å². The summed E-state index contributed by atoms with van der Waals surface area (Å²) in [6, 6.07) is 0. The maximum Gasteiger partial charge on any atom is 0.344 e. The number of halogens is 2. The van der Waals surface area contributed by atoms with Gasteiger partial charge in [-0.15, -0.1) is 12.3 Å². The van der Waals surface area contributed by atoms with Crippen LogP contribution in [-0.4, -0.2) is 22.5 Å². The van der Waals surface area contributed by atoms with Crippen molar-refractivity contribution in [3.05, 3.63) is 22.2 Å². The summed E-state index contributed by atoms with van der Waals surface area (Å²) in [4.78, 5) is 18.7. The standard InChI is InChI=1S/C9H6Cl2N2O2/c1-2-3-4-15-9(14)6-7(10)12-5-13-8(6)11/h1,5H,3-4H2. The van der Waals surface area contributed by atoms with Crippen LogP contribution in [0.5, 0.6) is 0 Å². The number of hydrogen-bond donors (Lipinski definition) is 0. The summed E-state index contributed by atoms with van der Waals surface area (Å²) in [5.41, 5.74) is -0.0437. The molecule has 0 aliphatic carbocycles. The van der Waals surface area contributed by atoms with E-state index in [0.29, 0.717) is 6.42 Å². The second kappa shape index (κ2) is 5.54. The number of terminal acetylenes is 1.